The predicted octanol–water partition coefficient (Wildman–Crippen LogP) is 1.65. The van der Waals surface area contributed by atoms with Crippen LogP contribution < -0.4 is 10.2 Å². The molecule has 0 aromatic carbocycles. The van der Waals surface area contributed by atoms with Gasteiger partial charge in [0.15, 0.2) is 5.82 Å². The van der Waals surface area contributed by atoms with Gasteiger partial charge in [0.25, 0.3) is 0 Å². The van der Waals surface area contributed by atoms with Crippen molar-refractivity contribution in [1.82, 2.24) is 24.9 Å². The Morgan fingerprint density at radius 1 is 1.29 bits per heavy atom. The summed E-state index contributed by atoms with van der Waals surface area (Å²) in [5.74, 6) is 2.66. The van der Waals surface area contributed by atoms with Gasteiger partial charge in [-0.2, -0.15) is 0 Å². The molecule has 0 atom stereocenters. The number of hydrogen-bond donors (Lipinski definition) is 1. The minimum Gasteiger partial charge on any atom is -0.353 e. The molecule has 3 heterocycles. The molecule has 0 spiro atoms. The summed E-state index contributed by atoms with van der Waals surface area (Å²) in [6.45, 7) is 8.55. The largest absolute Gasteiger partial charge is 0.353 e. The van der Waals surface area contributed by atoms with E-state index < -0.39 is 0 Å². The summed E-state index contributed by atoms with van der Waals surface area (Å²) < 4.78 is 2.01. The molecule has 21 heavy (non-hydrogen) atoms. The number of nitrogens with one attached hydrogen (secondary N) is 1. The van der Waals surface area contributed by atoms with E-state index in [2.05, 4.69) is 32.3 Å². The highest BCUT2D eigenvalue weighted by Crippen LogP contribution is 2.24. The molecule has 2 aromatic rings. The molecule has 3 rings (SSSR count). The molecule has 0 radical (unpaired) electrons. The van der Waals surface area contributed by atoms with Crippen LogP contribution in [0.4, 0.5) is 5.82 Å². The lowest BCUT2D eigenvalue weighted by molar-refractivity contribution is 0.382. The SMILES string of the molecule is CCCNCC1CCN(c2nccn3c(C)nnc23)CC1. The fourth-order valence-electron chi connectivity index (χ4n) is 2.98. The Morgan fingerprint density at radius 2 is 2.10 bits per heavy atom. The van der Waals surface area contributed by atoms with Gasteiger partial charge in [-0.05, 0) is 45.2 Å². The molecule has 0 saturated carbocycles. The molecule has 0 aliphatic carbocycles. The van der Waals surface area contributed by atoms with Gasteiger partial charge in [-0.15, -0.1) is 10.2 Å². The van der Waals surface area contributed by atoms with Crippen LogP contribution >= 0.6 is 0 Å². The number of hydrogen-bond acceptors (Lipinski definition) is 5. The zero-order chi connectivity index (χ0) is 14.7. The van der Waals surface area contributed by atoms with Crippen molar-refractivity contribution in [2.24, 2.45) is 5.92 Å². The third kappa shape index (κ3) is 3.00. The fraction of sp³-hybridized carbons (Fsp3) is 0.667. The predicted molar refractivity (Wildman–Crippen MR) is 83.6 cm³/mol. The van der Waals surface area contributed by atoms with Crippen molar-refractivity contribution in [1.29, 1.82) is 0 Å². The summed E-state index contributed by atoms with van der Waals surface area (Å²) in [6.07, 6.45) is 7.40. The second kappa shape index (κ2) is 6.39. The summed E-state index contributed by atoms with van der Waals surface area (Å²) in [5, 5.41) is 12.0. The minimum absolute atomic E-state index is 0.784. The third-order valence-electron chi connectivity index (χ3n) is 4.25. The maximum atomic E-state index is 4.53. The van der Waals surface area contributed by atoms with E-state index in [4.69, 9.17) is 0 Å². The second-order valence-electron chi connectivity index (χ2n) is 5.83. The van der Waals surface area contributed by atoms with E-state index in [-0.39, 0.29) is 0 Å². The van der Waals surface area contributed by atoms with Gasteiger partial charge in [-0.3, -0.25) is 4.40 Å². The lowest BCUT2D eigenvalue weighted by Gasteiger charge is -2.32. The van der Waals surface area contributed by atoms with E-state index >= 15 is 0 Å². The Hall–Kier alpha value is -1.69. The van der Waals surface area contributed by atoms with E-state index in [1.54, 1.807) is 0 Å². The zero-order valence-electron chi connectivity index (χ0n) is 12.9. The van der Waals surface area contributed by atoms with Gasteiger partial charge in [0.1, 0.15) is 5.82 Å². The van der Waals surface area contributed by atoms with Crippen LogP contribution in [0.5, 0.6) is 0 Å². The highest BCUT2D eigenvalue weighted by Gasteiger charge is 2.22. The van der Waals surface area contributed by atoms with Crippen molar-refractivity contribution in [2.45, 2.75) is 33.1 Å². The summed E-state index contributed by atoms with van der Waals surface area (Å²) in [4.78, 5) is 6.88. The first-order chi connectivity index (χ1) is 10.3. The van der Waals surface area contributed by atoms with Gasteiger partial charge in [-0.25, -0.2) is 4.98 Å². The quantitative estimate of drug-likeness (QED) is 0.848. The Kier molecular flexibility index (Phi) is 4.34. The first kappa shape index (κ1) is 14.3. The summed E-state index contributed by atoms with van der Waals surface area (Å²) >= 11 is 0. The number of fused-ring (bicyclic) bond motifs is 1. The van der Waals surface area contributed by atoms with E-state index in [0.29, 0.717) is 0 Å². The Morgan fingerprint density at radius 3 is 2.86 bits per heavy atom. The molecule has 1 aliphatic heterocycles. The number of piperidine rings is 1. The Balaban J connectivity index is 1.66. The summed E-state index contributed by atoms with van der Waals surface area (Å²) in [5.41, 5.74) is 0.873. The molecule has 0 unspecified atom stereocenters. The topological polar surface area (TPSA) is 58.4 Å². The Labute approximate surface area is 125 Å². The minimum atomic E-state index is 0.784. The lowest BCUT2D eigenvalue weighted by atomic mass is 9.97. The number of aromatic nitrogens is 4. The first-order valence-corrected chi connectivity index (χ1v) is 7.91. The van der Waals surface area contributed by atoms with E-state index in [1.165, 1.54) is 19.3 Å². The molecule has 1 aliphatic rings. The van der Waals surface area contributed by atoms with Crippen LogP contribution in [0.1, 0.15) is 32.0 Å². The highest BCUT2D eigenvalue weighted by molar-refractivity contribution is 5.63. The average Bonchev–Trinajstić information content (AvgIpc) is 2.90. The molecule has 6 nitrogen and oxygen atoms in total. The van der Waals surface area contributed by atoms with E-state index in [1.807, 2.05) is 23.7 Å². The van der Waals surface area contributed by atoms with Gasteiger partial charge in [0, 0.05) is 25.5 Å². The van der Waals surface area contributed by atoms with Gasteiger partial charge in [0.2, 0.25) is 5.65 Å². The smallest absolute Gasteiger partial charge is 0.203 e. The van der Waals surface area contributed by atoms with Crippen molar-refractivity contribution in [3.63, 3.8) is 0 Å². The molecule has 1 saturated heterocycles. The molecule has 2 aromatic heterocycles. The molecular weight excluding hydrogens is 264 g/mol. The van der Waals surface area contributed by atoms with Gasteiger partial charge >= 0.3 is 0 Å². The van der Waals surface area contributed by atoms with Crippen LogP contribution in [-0.4, -0.2) is 45.8 Å². The molecule has 6 heteroatoms. The monoisotopic (exact) mass is 288 g/mol. The first-order valence-electron chi connectivity index (χ1n) is 7.91. The van der Waals surface area contributed by atoms with Crippen LogP contribution in [0.3, 0.4) is 0 Å². The molecule has 0 amide bonds. The van der Waals surface area contributed by atoms with Crippen LogP contribution in [0.25, 0.3) is 5.65 Å². The second-order valence-corrected chi connectivity index (χ2v) is 5.83. The zero-order valence-corrected chi connectivity index (χ0v) is 12.9. The van der Waals surface area contributed by atoms with Gasteiger partial charge in [0.05, 0.1) is 0 Å². The van der Waals surface area contributed by atoms with Crippen molar-refractivity contribution >= 4 is 11.5 Å². The summed E-state index contributed by atoms with van der Waals surface area (Å²) in [7, 11) is 0. The van der Waals surface area contributed by atoms with Gasteiger partial charge in [-0.1, -0.05) is 6.92 Å². The van der Waals surface area contributed by atoms with E-state index in [0.717, 1.165) is 49.4 Å². The van der Waals surface area contributed by atoms with Crippen LogP contribution in [0.15, 0.2) is 12.4 Å². The number of aryl methyl sites for hydroxylation is 1. The molecule has 1 N–H and O–H groups in total. The lowest BCUT2D eigenvalue weighted by Crippen LogP contribution is -2.38. The van der Waals surface area contributed by atoms with Gasteiger partial charge < -0.3 is 10.2 Å². The van der Waals surface area contributed by atoms with Crippen LogP contribution in [0, 0.1) is 12.8 Å². The average molecular weight is 288 g/mol. The van der Waals surface area contributed by atoms with E-state index in [9.17, 15) is 0 Å². The Bertz CT molecular complexity index is 585. The molecule has 114 valence electrons. The number of anilines is 1. The van der Waals surface area contributed by atoms with Crippen LogP contribution in [-0.2, 0) is 0 Å². The highest BCUT2D eigenvalue weighted by atomic mass is 15.3. The van der Waals surface area contributed by atoms with Crippen molar-refractivity contribution in [3.8, 4) is 0 Å². The molecular formula is C15H24N6. The normalized spacial score (nSPS) is 16.8. The van der Waals surface area contributed by atoms with Crippen molar-refractivity contribution in [3.05, 3.63) is 18.2 Å². The van der Waals surface area contributed by atoms with Crippen LogP contribution in [0.2, 0.25) is 0 Å². The maximum absolute atomic E-state index is 4.53. The fourth-order valence-corrected chi connectivity index (χ4v) is 2.98. The third-order valence-corrected chi connectivity index (χ3v) is 4.25. The van der Waals surface area contributed by atoms with Crippen molar-refractivity contribution in [2.75, 3.05) is 31.1 Å². The summed E-state index contributed by atoms with van der Waals surface area (Å²) in [6, 6.07) is 0. The van der Waals surface area contributed by atoms with Crippen molar-refractivity contribution < 1.29 is 0 Å². The molecule has 0 bridgehead atoms. The number of nitrogens with zero attached hydrogens (tertiary/aromatic N) is 5. The maximum Gasteiger partial charge on any atom is 0.203 e. The standard InChI is InChI=1S/C15H24N6/c1-3-6-16-11-13-4-8-20(9-5-13)14-15-19-18-12(2)21(15)10-7-17-14/h7,10,13,16H,3-6,8-9,11H2,1-2H3. The molecule has 1 fully saturated rings. The number of rotatable bonds is 5.